The van der Waals surface area contributed by atoms with Gasteiger partial charge in [0.2, 0.25) is 0 Å². The number of hydrogen-bond acceptors (Lipinski definition) is 1. The van der Waals surface area contributed by atoms with Gasteiger partial charge in [0.1, 0.15) is 0 Å². The second-order valence-electron chi connectivity index (χ2n) is 4.65. The summed E-state index contributed by atoms with van der Waals surface area (Å²) in [5.41, 5.74) is 1.03. The Bertz CT molecular complexity index is 143. The first-order valence-electron chi connectivity index (χ1n) is 4.29. The van der Waals surface area contributed by atoms with Gasteiger partial charge in [-0.25, -0.2) is 0 Å². The summed E-state index contributed by atoms with van der Waals surface area (Å²) in [5.74, 6) is 0. The van der Waals surface area contributed by atoms with Gasteiger partial charge in [0.15, 0.2) is 0 Å². The Hall–Kier alpha value is -0.0400. The number of aliphatic hydroxyl groups excluding tert-OH is 1. The second kappa shape index (κ2) is 1.76. The van der Waals surface area contributed by atoms with Crippen molar-refractivity contribution in [3.05, 3.63) is 0 Å². The Morgan fingerprint density at radius 1 is 1.20 bits per heavy atom. The molecule has 0 aromatic rings. The first-order chi connectivity index (χ1) is 4.68. The topological polar surface area (TPSA) is 20.2 Å². The van der Waals surface area contributed by atoms with Crippen LogP contribution in [0.15, 0.2) is 0 Å². The normalized spacial score (nSPS) is 31.8. The largest absolute Gasteiger partial charge is 0.396 e. The zero-order valence-corrected chi connectivity index (χ0v) is 6.69. The van der Waals surface area contributed by atoms with Crippen LogP contribution in [-0.2, 0) is 0 Å². The van der Waals surface area contributed by atoms with Crippen LogP contribution in [0.2, 0.25) is 0 Å². The SMILES string of the molecule is CC1(CC2(CO)CC2)CC1. The standard InChI is InChI=1S/C9H16O/c1-8(2-3-8)6-9(7-10)4-5-9/h10H,2-7H2,1H3. The molecule has 58 valence electrons. The lowest BCUT2D eigenvalue weighted by molar-refractivity contribution is 0.182. The lowest BCUT2D eigenvalue weighted by Crippen LogP contribution is -2.11. The predicted octanol–water partition coefficient (Wildman–Crippen LogP) is 1.95. The minimum atomic E-state index is 0.394. The Morgan fingerprint density at radius 2 is 1.80 bits per heavy atom. The third-order valence-electron chi connectivity index (χ3n) is 3.20. The maximum Gasteiger partial charge on any atom is 0.0487 e. The van der Waals surface area contributed by atoms with Crippen molar-refractivity contribution >= 4 is 0 Å². The van der Waals surface area contributed by atoms with Gasteiger partial charge in [0.25, 0.3) is 0 Å². The number of aliphatic hydroxyl groups is 1. The van der Waals surface area contributed by atoms with Crippen LogP contribution in [0, 0.1) is 10.8 Å². The molecule has 2 fully saturated rings. The van der Waals surface area contributed by atoms with Gasteiger partial charge in [-0.2, -0.15) is 0 Å². The Balaban J connectivity index is 1.89. The zero-order valence-electron chi connectivity index (χ0n) is 6.69. The first kappa shape index (κ1) is 6.66. The van der Waals surface area contributed by atoms with E-state index in [-0.39, 0.29) is 0 Å². The van der Waals surface area contributed by atoms with Crippen LogP contribution in [0.4, 0.5) is 0 Å². The molecule has 0 spiro atoms. The second-order valence-corrected chi connectivity index (χ2v) is 4.65. The lowest BCUT2D eigenvalue weighted by Gasteiger charge is -2.15. The molecule has 1 nitrogen and oxygen atoms in total. The molecule has 0 heterocycles. The van der Waals surface area contributed by atoms with E-state index in [0.717, 1.165) is 0 Å². The Morgan fingerprint density at radius 3 is 2.10 bits per heavy atom. The summed E-state index contributed by atoms with van der Waals surface area (Å²) in [6.07, 6.45) is 6.64. The molecule has 0 bridgehead atoms. The summed E-state index contributed by atoms with van der Waals surface area (Å²) in [5, 5.41) is 9.05. The summed E-state index contributed by atoms with van der Waals surface area (Å²) in [7, 11) is 0. The summed E-state index contributed by atoms with van der Waals surface area (Å²) >= 11 is 0. The van der Waals surface area contributed by atoms with Crippen molar-refractivity contribution in [2.75, 3.05) is 6.61 Å². The number of rotatable bonds is 3. The molecule has 0 radical (unpaired) electrons. The van der Waals surface area contributed by atoms with Crippen molar-refractivity contribution < 1.29 is 5.11 Å². The molecule has 2 saturated carbocycles. The van der Waals surface area contributed by atoms with E-state index >= 15 is 0 Å². The van der Waals surface area contributed by atoms with Crippen LogP contribution in [0.3, 0.4) is 0 Å². The first-order valence-corrected chi connectivity index (χ1v) is 4.29. The van der Waals surface area contributed by atoms with Crippen molar-refractivity contribution in [2.45, 2.75) is 39.0 Å². The van der Waals surface area contributed by atoms with E-state index in [1.54, 1.807) is 0 Å². The zero-order chi connectivity index (χ0) is 7.24. The molecule has 1 heteroatoms. The smallest absolute Gasteiger partial charge is 0.0487 e. The van der Waals surface area contributed by atoms with Crippen LogP contribution >= 0.6 is 0 Å². The van der Waals surface area contributed by atoms with E-state index < -0.39 is 0 Å². The van der Waals surface area contributed by atoms with Crippen LogP contribution in [0.1, 0.15) is 39.0 Å². The molecule has 2 rings (SSSR count). The van der Waals surface area contributed by atoms with Crippen LogP contribution in [0.25, 0.3) is 0 Å². The molecule has 0 atom stereocenters. The third kappa shape index (κ3) is 1.07. The van der Waals surface area contributed by atoms with Gasteiger partial charge in [-0.05, 0) is 42.9 Å². The average Bonchev–Trinajstić information content (AvgIpc) is 2.76. The van der Waals surface area contributed by atoms with Gasteiger partial charge in [-0.1, -0.05) is 6.92 Å². The molecule has 0 unspecified atom stereocenters. The highest BCUT2D eigenvalue weighted by atomic mass is 16.3. The van der Waals surface area contributed by atoms with Gasteiger partial charge in [-0.15, -0.1) is 0 Å². The van der Waals surface area contributed by atoms with Crippen LogP contribution in [-0.4, -0.2) is 11.7 Å². The molecule has 0 aromatic heterocycles. The maximum absolute atomic E-state index is 9.05. The molecule has 2 aliphatic carbocycles. The maximum atomic E-state index is 9.05. The average molecular weight is 140 g/mol. The highest BCUT2D eigenvalue weighted by Crippen LogP contribution is 2.60. The van der Waals surface area contributed by atoms with E-state index in [2.05, 4.69) is 6.92 Å². The molecule has 2 aliphatic rings. The quantitative estimate of drug-likeness (QED) is 0.635. The van der Waals surface area contributed by atoms with E-state index in [0.29, 0.717) is 17.4 Å². The van der Waals surface area contributed by atoms with E-state index in [1.807, 2.05) is 0 Å². The fraction of sp³-hybridized carbons (Fsp3) is 1.00. The molecule has 0 saturated heterocycles. The molecular weight excluding hydrogens is 124 g/mol. The van der Waals surface area contributed by atoms with Gasteiger partial charge in [0.05, 0.1) is 0 Å². The van der Waals surface area contributed by atoms with Gasteiger partial charge < -0.3 is 5.11 Å². The van der Waals surface area contributed by atoms with E-state index in [1.165, 1.54) is 32.1 Å². The highest BCUT2D eigenvalue weighted by molar-refractivity contribution is 5.01. The van der Waals surface area contributed by atoms with E-state index in [9.17, 15) is 0 Å². The molecule has 0 amide bonds. The predicted molar refractivity (Wildman–Crippen MR) is 40.7 cm³/mol. The lowest BCUT2D eigenvalue weighted by atomic mass is 9.92. The van der Waals surface area contributed by atoms with Crippen molar-refractivity contribution in [3.63, 3.8) is 0 Å². The van der Waals surface area contributed by atoms with Crippen molar-refractivity contribution in [2.24, 2.45) is 10.8 Å². The molecule has 0 aliphatic heterocycles. The summed E-state index contributed by atoms with van der Waals surface area (Å²) in [4.78, 5) is 0. The Kier molecular flexibility index (Phi) is 1.17. The van der Waals surface area contributed by atoms with Crippen molar-refractivity contribution in [1.82, 2.24) is 0 Å². The molecule has 0 aromatic carbocycles. The van der Waals surface area contributed by atoms with Gasteiger partial charge in [0, 0.05) is 6.61 Å². The minimum absolute atomic E-state index is 0.394. The fourth-order valence-corrected chi connectivity index (χ4v) is 1.86. The summed E-state index contributed by atoms with van der Waals surface area (Å²) in [6.45, 7) is 2.78. The highest BCUT2D eigenvalue weighted by Gasteiger charge is 2.50. The Labute approximate surface area is 62.4 Å². The van der Waals surface area contributed by atoms with Gasteiger partial charge in [-0.3, -0.25) is 0 Å². The molecule has 10 heavy (non-hydrogen) atoms. The monoisotopic (exact) mass is 140 g/mol. The van der Waals surface area contributed by atoms with Crippen LogP contribution in [0.5, 0.6) is 0 Å². The summed E-state index contributed by atoms with van der Waals surface area (Å²) in [6, 6.07) is 0. The van der Waals surface area contributed by atoms with E-state index in [4.69, 9.17) is 5.11 Å². The van der Waals surface area contributed by atoms with Gasteiger partial charge >= 0.3 is 0 Å². The molecule has 1 N–H and O–H groups in total. The van der Waals surface area contributed by atoms with Crippen molar-refractivity contribution in [3.8, 4) is 0 Å². The van der Waals surface area contributed by atoms with Crippen molar-refractivity contribution in [1.29, 1.82) is 0 Å². The molecular formula is C9H16O. The summed E-state index contributed by atoms with van der Waals surface area (Å²) < 4.78 is 0. The third-order valence-corrected chi connectivity index (χ3v) is 3.20. The fourth-order valence-electron chi connectivity index (χ4n) is 1.86. The van der Waals surface area contributed by atoms with Crippen LogP contribution < -0.4 is 0 Å². The number of hydrogen-bond donors (Lipinski definition) is 1. The minimum Gasteiger partial charge on any atom is -0.396 e.